The molecule has 0 aliphatic rings. The minimum absolute atomic E-state index is 0.0744. The Labute approximate surface area is 83.3 Å². The zero-order chi connectivity index (χ0) is 9.26. The van der Waals surface area contributed by atoms with Crippen LogP contribution in [-0.4, -0.2) is 26.7 Å². The molecule has 0 amide bonds. The summed E-state index contributed by atoms with van der Waals surface area (Å²) in [6, 6.07) is 5.74. The first kappa shape index (κ1) is 8.65. The molecule has 1 aromatic carbocycles. The first-order chi connectivity index (χ1) is 6.31. The van der Waals surface area contributed by atoms with Crippen molar-refractivity contribution in [3.8, 4) is 0 Å². The molecule has 68 valence electrons. The molecule has 0 saturated heterocycles. The van der Waals surface area contributed by atoms with Gasteiger partial charge in [0.15, 0.2) is 0 Å². The Morgan fingerprint density at radius 1 is 1.46 bits per heavy atom. The van der Waals surface area contributed by atoms with Gasteiger partial charge in [0.1, 0.15) is 5.52 Å². The largest absolute Gasteiger partial charge is 0.394 e. The lowest BCUT2D eigenvalue weighted by molar-refractivity contribution is 0.270. The summed E-state index contributed by atoms with van der Waals surface area (Å²) in [4.78, 5) is 0. The molecule has 13 heavy (non-hydrogen) atoms. The van der Waals surface area contributed by atoms with Crippen molar-refractivity contribution in [2.45, 2.75) is 6.54 Å². The maximum atomic E-state index is 8.77. The standard InChI is InChI=1S/C8H8BrN3O/c9-6-1-2-7-8(5-6)12(3-4-13)11-10-7/h1-2,5,13H,3-4H2. The van der Waals surface area contributed by atoms with Crippen LogP contribution in [0, 0.1) is 0 Å². The topological polar surface area (TPSA) is 50.9 Å². The zero-order valence-electron chi connectivity index (χ0n) is 6.81. The van der Waals surface area contributed by atoms with E-state index >= 15 is 0 Å². The number of aliphatic hydroxyl groups is 1. The van der Waals surface area contributed by atoms with Gasteiger partial charge in [0.2, 0.25) is 0 Å². The molecule has 0 unspecified atom stereocenters. The van der Waals surface area contributed by atoms with E-state index in [1.54, 1.807) is 4.68 Å². The van der Waals surface area contributed by atoms with E-state index in [1.807, 2.05) is 18.2 Å². The van der Waals surface area contributed by atoms with Crippen molar-refractivity contribution >= 4 is 27.0 Å². The van der Waals surface area contributed by atoms with Gasteiger partial charge in [-0.15, -0.1) is 5.10 Å². The SMILES string of the molecule is OCCn1nnc2ccc(Br)cc21. The zero-order valence-corrected chi connectivity index (χ0v) is 8.40. The summed E-state index contributed by atoms with van der Waals surface area (Å²) in [6.07, 6.45) is 0. The number of hydrogen-bond donors (Lipinski definition) is 1. The van der Waals surface area contributed by atoms with Crippen LogP contribution in [0.2, 0.25) is 0 Å². The van der Waals surface area contributed by atoms with Crippen LogP contribution >= 0.6 is 15.9 Å². The first-order valence-electron chi connectivity index (χ1n) is 3.91. The normalized spacial score (nSPS) is 10.9. The van der Waals surface area contributed by atoms with E-state index in [9.17, 15) is 0 Å². The first-order valence-corrected chi connectivity index (χ1v) is 4.70. The molecule has 1 N–H and O–H groups in total. The minimum Gasteiger partial charge on any atom is -0.394 e. The number of aromatic nitrogens is 3. The predicted molar refractivity (Wildman–Crippen MR) is 52.3 cm³/mol. The second kappa shape index (κ2) is 3.43. The summed E-state index contributed by atoms with van der Waals surface area (Å²) in [5, 5.41) is 16.6. The molecule has 2 rings (SSSR count). The number of fused-ring (bicyclic) bond motifs is 1. The Balaban J connectivity index is 2.58. The molecule has 0 fully saturated rings. The van der Waals surface area contributed by atoms with Crippen LogP contribution < -0.4 is 0 Å². The summed E-state index contributed by atoms with van der Waals surface area (Å²) in [5.74, 6) is 0. The average Bonchev–Trinajstić information content (AvgIpc) is 2.49. The van der Waals surface area contributed by atoms with Gasteiger partial charge in [-0.3, -0.25) is 0 Å². The fourth-order valence-electron chi connectivity index (χ4n) is 1.20. The van der Waals surface area contributed by atoms with Crippen LogP contribution in [0.4, 0.5) is 0 Å². The molecule has 0 aliphatic heterocycles. The van der Waals surface area contributed by atoms with Crippen molar-refractivity contribution in [1.29, 1.82) is 0 Å². The number of halogens is 1. The molecule has 0 bridgehead atoms. The third kappa shape index (κ3) is 1.57. The van der Waals surface area contributed by atoms with Crippen molar-refractivity contribution in [3.63, 3.8) is 0 Å². The van der Waals surface area contributed by atoms with Crippen molar-refractivity contribution in [2.24, 2.45) is 0 Å². The second-order valence-corrected chi connectivity index (χ2v) is 3.58. The van der Waals surface area contributed by atoms with E-state index < -0.39 is 0 Å². The van der Waals surface area contributed by atoms with E-state index in [0.717, 1.165) is 15.5 Å². The van der Waals surface area contributed by atoms with E-state index in [0.29, 0.717) is 6.54 Å². The van der Waals surface area contributed by atoms with E-state index in [2.05, 4.69) is 26.2 Å². The molecule has 0 atom stereocenters. The molecule has 2 aromatic rings. The molecule has 1 aromatic heterocycles. The van der Waals surface area contributed by atoms with Crippen molar-refractivity contribution in [2.75, 3.05) is 6.61 Å². The highest BCUT2D eigenvalue weighted by Gasteiger charge is 2.03. The van der Waals surface area contributed by atoms with E-state index in [4.69, 9.17) is 5.11 Å². The van der Waals surface area contributed by atoms with Gasteiger partial charge in [-0.05, 0) is 18.2 Å². The van der Waals surface area contributed by atoms with Crippen LogP contribution in [0.1, 0.15) is 0 Å². The third-order valence-electron chi connectivity index (χ3n) is 1.79. The Kier molecular flexibility index (Phi) is 2.28. The van der Waals surface area contributed by atoms with Gasteiger partial charge in [0.25, 0.3) is 0 Å². The van der Waals surface area contributed by atoms with Crippen LogP contribution in [0.5, 0.6) is 0 Å². The summed E-state index contributed by atoms with van der Waals surface area (Å²) >= 11 is 3.37. The molecule has 4 nitrogen and oxygen atoms in total. The Bertz CT molecular complexity index is 426. The number of hydrogen-bond acceptors (Lipinski definition) is 3. The number of rotatable bonds is 2. The highest BCUT2D eigenvalue weighted by molar-refractivity contribution is 9.10. The molecule has 0 spiro atoms. The van der Waals surface area contributed by atoms with Crippen LogP contribution in [0.15, 0.2) is 22.7 Å². The van der Waals surface area contributed by atoms with E-state index in [-0.39, 0.29) is 6.61 Å². The maximum Gasteiger partial charge on any atom is 0.113 e. The summed E-state index contributed by atoms with van der Waals surface area (Å²) < 4.78 is 2.67. The third-order valence-corrected chi connectivity index (χ3v) is 2.28. The summed E-state index contributed by atoms with van der Waals surface area (Å²) in [5.41, 5.74) is 1.78. The minimum atomic E-state index is 0.0744. The van der Waals surface area contributed by atoms with E-state index in [1.165, 1.54) is 0 Å². The number of nitrogens with zero attached hydrogens (tertiary/aromatic N) is 3. The predicted octanol–water partition coefficient (Wildman–Crippen LogP) is 1.19. The molecule has 0 saturated carbocycles. The maximum absolute atomic E-state index is 8.77. The Morgan fingerprint density at radius 3 is 3.08 bits per heavy atom. The molecule has 0 radical (unpaired) electrons. The molecular weight excluding hydrogens is 234 g/mol. The lowest BCUT2D eigenvalue weighted by atomic mass is 10.3. The highest BCUT2D eigenvalue weighted by atomic mass is 79.9. The van der Waals surface area contributed by atoms with Gasteiger partial charge >= 0.3 is 0 Å². The molecule has 0 aliphatic carbocycles. The number of benzene rings is 1. The van der Waals surface area contributed by atoms with Gasteiger partial charge in [-0.25, -0.2) is 4.68 Å². The van der Waals surface area contributed by atoms with Gasteiger partial charge in [-0.1, -0.05) is 21.1 Å². The monoisotopic (exact) mass is 241 g/mol. The Morgan fingerprint density at radius 2 is 2.31 bits per heavy atom. The van der Waals surface area contributed by atoms with Crippen molar-refractivity contribution < 1.29 is 5.11 Å². The average molecular weight is 242 g/mol. The quantitative estimate of drug-likeness (QED) is 0.860. The van der Waals surface area contributed by atoms with Crippen LogP contribution in [0.3, 0.4) is 0 Å². The number of aliphatic hydroxyl groups excluding tert-OH is 1. The second-order valence-electron chi connectivity index (χ2n) is 2.67. The van der Waals surface area contributed by atoms with Gasteiger partial charge in [0.05, 0.1) is 18.7 Å². The molecule has 5 heteroatoms. The highest BCUT2D eigenvalue weighted by Crippen LogP contribution is 2.17. The van der Waals surface area contributed by atoms with Crippen molar-refractivity contribution in [1.82, 2.24) is 15.0 Å². The fourth-order valence-corrected chi connectivity index (χ4v) is 1.55. The summed E-state index contributed by atoms with van der Waals surface area (Å²) in [7, 11) is 0. The summed E-state index contributed by atoms with van der Waals surface area (Å²) in [6.45, 7) is 0.553. The lowest BCUT2D eigenvalue weighted by Gasteiger charge is -1.97. The smallest absolute Gasteiger partial charge is 0.113 e. The van der Waals surface area contributed by atoms with Crippen molar-refractivity contribution in [3.05, 3.63) is 22.7 Å². The van der Waals surface area contributed by atoms with Crippen LogP contribution in [0.25, 0.3) is 11.0 Å². The van der Waals surface area contributed by atoms with Gasteiger partial charge in [-0.2, -0.15) is 0 Å². The fraction of sp³-hybridized carbons (Fsp3) is 0.250. The van der Waals surface area contributed by atoms with Gasteiger partial charge in [0, 0.05) is 4.47 Å². The Hall–Kier alpha value is -0.940. The van der Waals surface area contributed by atoms with Crippen LogP contribution in [-0.2, 0) is 6.54 Å². The van der Waals surface area contributed by atoms with Gasteiger partial charge < -0.3 is 5.11 Å². The molecular formula is C8H8BrN3O. The lowest BCUT2D eigenvalue weighted by Crippen LogP contribution is -2.03. The molecule has 1 heterocycles.